The molecule has 4 heteroatoms. The Labute approximate surface area is 95.9 Å². The van der Waals surface area contributed by atoms with Crippen LogP contribution in [0.25, 0.3) is 0 Å². The number of pyridine rings is 1. The summed E-state index contributed by atoms with van der Waals surface area (Å²) in [5, 5.41) is 8.84. The van der Waals surface area contributed by atoms with Crippen molar-refractivity contribution in [1.29, 1.82) is 0 Å². The summed E-state index contributed by atoms with van der Waals surface area (Å²) in [5.74, 6) is -0.795. The monoisotopic (exact) mass is 222 g/mol. The third-order valence-electron chi connectivity index (χ3n) is 2.64. The molecular formula is C12H18N2O2. The van der Waals surface area contributed by atoms with Crippen molar-refractivity contribution in [3.63, 3.8) is 0 Å². The van der Waals surface area contributed by atoms with Crippen molar-refractivity contribution in [2.75, 3.05) is 6.54 Å². The van der Waals surface area contributed by atoms with Gasteiger partial charge in [0.05, 0.1) is 12.2 Å². The summed E-state index contributed by atoms with van der Waals surface area (Å²) in [6.07, 6.45) is 2.66. The van der Waals surface area contributed by atoms with E-state index in [4.69, 9.17) is 5.11 Å². The SMILES string of the molecule is CCC(C)N(CC(=O)O)Cc1ccccn1. The third kappa shape index (κ3) is 3.98. The van der Waals surface area contributed by atoms with Crippen molar-refractivity contribution in [1.82, 2.24) is 9.88 Å². The predicted octanol–water partition coefficient (Wildman–Crippen LogP) is 1.77. The molecule has 1 aromatic rings. The van der Waals surface area contributed by atoms with E-state index in [2.05, 4.69) is 11.9 Å². The van der Waals surface area contributed by atoms with Gasteiger partial charge in [0.15, 0.2) is 0 Å². The van der Waals surface area contributed by atoms with Gasteiger partial charge in [-0.2, -0.15) is 0 Å². The van der Waals surface area contributed by atoms with E-state index in [-0.39, 0.29) is 12.6 Å². The topological polar surface area (TPSA) is 53.4 Å². The van der Waals surface area contributed by atoms with Crippen LogP contribution in [0, 0.1) is 0 Å². The largest absolute Gasteiger partial charge is 0.480 e. The fraction of sp³-hybridized carbons (Fsp3) is 0.500. The van der Waals surface area contributed by atoms with Crippen LogP contribution < -0.4 is 0 Å². The average molecular weight is 222 g/mol. The van der Waals surface area contributed by atoms with Crippen LogP contribution in [0.1, 0.15) is 26.0 Å². The molecular weight excluding hydrogens is 204 g/mol. The Hall–Kier alpha value is -1.42. The van der Waals surface area contributed by atoms with Gasteiger partial charge < -0.3 is 5.11 Å². The molecule has 1 atom stereocenters. The molecule has 1 unspecified atom stereocenters. The van der Waals surface area contributed by atoms with Gasteiger partial charge in [0, 0.05) is 18.8 Å². The molecule has 1 heterocycles. The fourth-order valence-corrected chi connectivity index (χ4v) is 1.50. The van der Waals surface area contributed by atoms with E-state index in [0.717, 1.165) is 12.1 Å². The lowest BCUT2D eigenvalue weighted by atomic mass is 10.2. The van der Waals surface area contributed by atoms with Crippen molar-refractivity contribution in [3.8, 4) is 0 Å². The Morgan fingerprint density at radius 2 is 2.31 bits per heavy atom. The molecule has 16 heavy (non-hydrogen) atoms. The van der Waals surface area contributed by atoms with Crippen LogP contribution in [0.15, 0.2) is 24.4 Å². The summed E-state index contributed by atoms with van der Waals surface area (Å²) >= 11 is 0. The first kappa shape index (κ1) is 12.6. The summed E-state index contributed by atoms with van der Waals surface area (Å²) in [6.45, 7) is 4.73. The van der Waals surface area contributed by atoms with Crippen LogP contribution in [-0.2, 0) is 11.3 Å². The van der Waals surface area contributed by atoms with E-state index in [1.807, 2.05) is 30.0 Å². The van der Waals surface area contributed by atoms with Crippen LogP contribution in [0.4, 0.5) is 0 Å². The first-order chi connectivity index (χ1) is 7.63. The maximum absolute atomic E-state index is 10.8. The maximum atomic E-state index is 10.8. The van der Waals surface area contributed by atoms with Gasteiger partial charge in [0.25, 0.3) is 0 Å². The molecule has 0 saturated carbocycles. The number of rotatable bonds is 6. The van der Waals surface area contributed by atoms with E-state index in [0.29, 0.717) is 6.54 Å². The van der Waals surface area contributed by atoms with Gasteiger partial charge in [0.1, 0.15) is 0 Å². The minimum Gasteiger partial charge on any atom is -0.480 e. The van der Waals surface area contributed by atoms with Crippen LogP contribution in [0.3, 0.4) is 0 Å². The Morgan fingerprint density at radius 3 is 2.81 bits per heavy atom. The number of aromatic nitrogens is 1. The number of hydrogen-bond donors (Lipinski definition) is 1. The van der Waals surface area contributed by atoms with Gasteiger partial charge in [-0.3, -0.25) is 14.7 Å². The molecule has 0 radical (unpaired) electrons. The summed E-state index contributed by atoms with van der Waals surface area (Å²) in [5.41, 5.74) is 0.907. The number of carbonyl (C=O) groups is 1. The van der Waals surface area contributed by atoms with Gasteiger partial charge in [-0.15, -0.1) is 0 Å². The number of hydrogen-bond acceptors (Lipinski definition) is 3. The van der Waals surface area contributed by atoms with Gasteiger partial charge in [-0.1, -0.05) is 13.0 Å². The predicted molar refractivity (Wildman–Crippen MR) is 62.0 cm³/mol. The number of carboxylic acids is 1. The smallest absolute Gasteiger partial charge is 0.317 e. The lowest BCUT2D eigenvalue weighted by Crippen LogP contribution is -2.36. The summed E-state index contributed by atoms with van der Waals surface area (Å²) < 4.78 is 0. The van der Waals surface area contributed by atoms with Gasteiger partial charge in [0.2, 0.25) is 0 Å². The number of nitrogens with zero attached hydrogens (tertiary/aromatic N) is 2. The van der Waals surface area contributed by atoms with Crippen molar-refractivity contribution in [2.45, 2.75) is 32.9 Å². The minimum absolute atomic E-state index is 0.0611. The molecule has 1 N–H and O–H groups in total. The number of aliphatic carboxylic acids is 1. The van der Waals surface area contributed by atoms with Crippen molar-refractivity contribution >= 4 is 5.97 Å². The second-order valence-corrected chi connectivity index (χ2v) is 3.88. The van der Waals surface area contributed by atoms with E-state index in [9.17, 15) is 4.79 Å². The second-order valence-electron chi connectivity index (χ2n) is 3.88. The van der Waals surface area contributed by atoms with Crippen LogP contribution in [-0.4, -0.2) is 33.5 Å². The lowest BCUT2D eigenvalue weighted by molar-refractivity contribution is -0.139. The zero-order valence-corrected chi connectivity index (χ0v) is 9.76. The highest BCUT2D eigenvalue weighted by molar-refractivity contribution is 5.69. The highest BCUT2D eigenvalue weighted by Gasteiger charge is 2.16. The van der Waals surface area contributed by atoms with Crippen molar-refractivity contribution in [2.24, 2.45) is 0 Å². The molecule has 88 valence electrons. The summed E-state index contributed by atoms with van der Waals surface area (Å²) in [7, 11) is 0. The van der Waals surface area contributed by atoms with Gasteiger partial charge in [-0.05, 0) is 25.5 Å². The summed E-state index contributed by atoms with van der Waals surface area (Å²) in [6, 6.07) is 5.93. The van der Waals surface area contributed by atoms with E-state index in [1.54, 1.807) is 6.20 Å². The fourth-order valence-electron chi connectivity index (χ4n) is 1.50. The standard InChI is InChI=1S/C12H18N2O2/c1-3-10(2)14(9-12(15)16)8-11-6-4-5-7-13-11/h4-7,10H,3,8-9H2,1-2H3,(H,15,16). The molecule has 0 saturated heterocycles. The molecule has 0 aliphatic rings. The Morgan fingerprint density at radius 1 is 1.56 bits per heavy atom. The molecule has 4 nitrogen and oxygen atoms in total. The molecule has 1 rings (SSSR count). The molecule has 0 fully saturated rings. The molecule has 0 amide bonds. The molecule has 0 aromatic carbocycles. The average Bonchev–Trinajstić information content (AvgIpc) is 2.28. The molecule has 1 aromatic heterocycles. The Kier molecular flexibility index (Phi) is 4.92. The first-order valence-electron chi connectivity index (χ1n) is 5.49. The maximum Gasteiger partial charge on any atom is 0.317 e. The van der Waals surface area contributed by atoms with E-state index < -0.39 is 5.97 Å². The van der Waals surface area contributed by atoms with Gasteiger partial charge >= 0.3 is 5.97 Å². The zero-order valence-electron chi connectivity index (χ0n) is 9.76. The molecule has 0 bridgehead atoms. The Bertz CT molecular complexity index is 327. The number of carboxylic acid groups (broad SMARTS) is 1. The first-order valence-corrected chi connectivity index (χ1v) is 5.49. The Balaban J connectivity index is 2.67. The molecule has 0 aliphatic heterocycles. The van der Waals surface area contributed by atoms with Crippen LogP contribution in [0.5, 0.6) is 0 Å². The van der Waals surface area contributed by atoms with Crippen LogP contribution >= 0.6 is 0 Å². The van der Waals surface area contributed by atoms with E-state index >= 15 is 0 Å². The zero-order chi connectivity index (χ0) is 12.0. The quantitative estimate of drug-likeness (QED) is 0.797. The third-order valence-corrected chi connectivity index (χ3v) is 2.64. The minimum atomic E-state index is -0.795. The van der Waals surface area contributed by atoms with E-state index in [1.165, 1.54) is 0 Å². The highest BCUT2D eigenvalue weighted by Crippen LogP contribution is 2.08. The van der Waals surface area contributed by atoms with Crippen molar-refractivity contribution < 1.29 is 9.90 Å². The molecule has 0 spiro atoms. The summed E-state index contributed by atoms with van der Waals surface area (Å²) in [4.78, 5) is 16.9. The lowest BCUT2D eigenvalue weighted by Gasteiger charge is -2.26. The molecule has 0 aliphatic carbocycles. The van der Waals surface area contributed by atoms with Gasteiger partial charge in [-0.25, -0.2) is 0 Å². The normalized spacial score (nSPS) is 12.7. The van der Waals surface area contributed by atoms with Crippen molar-refractivity contribution in [3.05, 3.63) is 30.1 Å². The second kappa shape index (κ2) is 6.23. The van der Waals surface area contributed by atoms with Crippen LogP contribution in [0.2, 0.25) is 0 Å². The highest BCUT2D eigenvalue weighted by atomic mass is 16.4.